The number of benzene rings is 1. The zero-order valence-electron chi connectivity index (χ0n) is 14.5. The van der Waals surface area contributed by atoms with Crippen molar-refractivity contribution in [3.05, 3.63) is 56.2 Å². The molecule has 2 N–H and O–H groups in total. The van der Waals surface area contributed by atoms with Gasteiger partial charge in [0.1, 0.15) is 11.3 Å². The number of aromatic nitrogens is 2. The van der Waals surface area contributed by atoms with Crippen LogP contribution in [-0.2, 0) is 11.8 Å². The monoisotopic (exact) mass is 358 g/mol. The maximum absolute atomic E-state index is 12.2. The number of carbonyl (C=O) groups excluding carboxylic acids is 1. The van der Waals surface area contributed by atoms with Gasteiger partial charge in [0.05, 0.1) is 18.9 Å². The first kappa shape index (κ1) is 17.5. The second kappa shape index (κ2) is 6.51. The van der Waals surface area contributed by atoms with Gasteiger partial charge in [0, 0.05) is 26.0 Å². The number of aromatic amines is 1. The van der Waals surface area contributed by atoms with E-state index in [2.05, 4.69) is 10.1 Å². The molecule has 0 unspecified atom stereocenters. The number of hydrogen-bond donors (Lipinski definition) is 2. The molecular formula is C17H18N4O5. The predicted octanol–water partition coefficient (Wildman–Crippen LogP) is 0.485. The summed E-state index contributed by atoms with van der Waals surface area (Å²) in [6.07, 6.45) is 0.189. The predicted molar refractivity (Wildman–Crippen MR) is 93.4 cm³/mol. The van der Waals surface area contributed by atoms with Gasteiger partial charge in [-0.15, -0.1) is 0 Å². The first-order chi connectivity index (χ1) is 12.3. The summed E-state index contributed by atoms with van der Waals surface area (Å²) in [5.74, 6) is -0.239. The summed E-state index contributed by atoms with van der Waals surface area (Å²) in [6.45, 7) is 1.36. The minimum absolute atomic E-state index is 0.129. The molecule has 2 heterocycles. The van der Waals surface area contributed by atoms with Crippen LogP contribution in [0.25, 0.3) is 0 Å². The van der Waals surface area contributed by atoms with E-state index >= 15 is 0 Å². The number of hydrazone groups is 1. The van der Waals surface area contributed by atoms with Crippen LogP contribution < -0.4 is 16.0 Å². The van der Waals surface area contributed by atoms with Gasteiger partial charge in [-0.2, -0.15) is 5.10 Å². The number of nitrogens with one attached hydrogen (secondary N) is 1. The summed E-state index contributed by atoms with van der Waals surface area (Å²) in [4.78, 5) is 38.0. The van der Waals surface area contributed by atoms with Gasteiger partial charge in [-0.3, -0.25) is 19.1 Å². The Balaban J connectivity index is 2.12. The van der Waals surface area contributed by atoms with E-state index in [9.17, 15) is 19.5 Å². The number of hydrogen-bond acceptors (Lipinski definition) is 6. The van der Waals surface area contributed by atoms with Crippen molar-refractivity contribution in [3.8, 4) is 11.6 Å². The molecule has 1 aliphatic rings. The van der Waals surface area contributed by atoms with Gasteiger partial charge in [-0.1, -0.05) is 18.2 Å². The van der Waals surface area contributed by atoms with Crippen LogP contribution in [0.1, 0.15) is 30.5 Å². The third kappa shape index (κ3) is 2.77. The third-order valence-corrected chi connectivity index (χ3v) is 4.31. The Kier molecular flexibility index (Phi) is 4.37. The van der Waals surface area contributed by atoms with Crippen molar-refractivity contribution in [1.29, 1.82) is 0 Å². The third-order valence-electron chi connectivity index (χ3n) is 4.31. The largest absolute Gasteiger partial charge is 0.496 e. The number of para-hydroxylation sites is 1. The number of carbonyl (C=O) groups is 1. The lowest BCUT2D eigenvalue weighted by Gasteiger charge is -2.22. The van der Waals surface area contributed by atoms with E-state index in [4.69, 9.17) is 4.74 Å². The number of aromatic hydroxyl groups is 1. The molecule has 0 saturated heterocycles. The van der Waals surface area contributed by atoms with Crippen LogP contribution in [0.5, 0.6) is 11.6 Å². The van der Waals surface area contributed by atoms with Crippen molar-refractivity contribution in [1.82, 2.24) is 14.6 Å². The average molecular weight is 358 g/mol. The highest BCUT2D eigenvalue weighted by Gasteiger charge is 2.35. The molecule has 1 amide bonds. The SMILES string of the molecule is COc1ccccc1[C@H]1CC(c2c(O)n(C)c(=O)[nH]c2=O)=NN1C(C)=O. The van der Waals surface area contributed by atoms with Crippen LogP contribution in [0.3, 0.4) is 0 Å². The van der Waals surface area contributed by atoms with Gasteiger partial charge in [0.2, 0.25) is 11.8 Å². The second-order valence-electron chi connectivity index (χ2n) is 5.89. The number of methoxy groups -OCH3 is 1. The van der Waals surface area contributed by atoms with Crippen molar-refractivity contribution in [2.45, 2.75) is 19.4 Å². The van der Waals surface area contributed by atoms with Crippen LogP contribution in [-0.4, -0.2) is 38.4 Å². The van der Waals surface area contributed by atoms with E-state index in [1.165, 1.54) is 26.1 Å². The summed E-state index contributed by atoms with van der Waals surface area (Å²) in [6, 6.07) is 6.70. The maximum Gasteiger partial charge on any atom is 0.330 e. The molecular weight excluding hydrogens is 340 g/mol. The van der Waals surface area contributed by atoms with E-state index in [0.29, 0.717) is 5.75 Å². The Morgan fingerprint density at radius 1 is 1.35 bits per heavy atom. The van der Waals surface area contributed by atoms with Gasteiger partial charge in [-0.25, -0.2) is 9.80 Å². The molecule has 0 fully saturated rings. The Morgan fingerprint density at radius 3 is 2.69 bits per heavy atom. The minimum Gasteiger partial charge on any atom is -0.496 e. The van der Waals surface area contributed by atoms with Gasteiger partial charge in [-0.05, 0) is 6.07 Å². The fourth-order valence-electron chi connectivity index (χ4n) is 3.00. The molecule has 3 rings (SSSR count). The lowest BCUT2D eigenvalue weighted by Crippen LogP contribution is -2.32. The molecule has 0 saturated carbocycles. The molecule has 2 aromatic rings. The first-order valence-electron chi connectivity index (χ1n) is 7.88. The molecule has 1 aromatic carbocycles. The lowest BCUT2D eigenvalue weighted by atomic mass is 9.98. The van der Waals surface area contributed by atoms with Crippen LogP contribution in [0.15, 0.2) is 39.0 Å². The quantitative estimate of drug-likeness (QED) is 0.828. The Bertz CT molecular complexity index is 1020. The molecule has 26 heavy (non-hydrogen) atoms. The van der Waals surface area contributed by atoms with Crippen molar-refractivity contribution < 1.29 is 14.6 Å². The van der Waals surface area contributed by atoms with Gasteiger partial charge in [0.25, 0.3) is 5.56 Å². The smallest absolute Gasteiger partial charge is 0.330 e. The highest BCUT2D eigenvalue weighted by Crippen LogP contribution is 2.37. The normalized spacial score (nSPS) is 16.5. The summed E-state index contributed by atoms with van der Waals surface area (Å²) >= 11 is 0. The Labute approximate surface area is 148 Å². The van der Waals surface area contributed by atoms with E-state index in [-0.39, 0.29) is 23.6 Å². The van der Waals surface area contributed by atoms with Crippen LogP contribution >= 0.6 is 0 Å². The molecule has 0 aliphatic carbocycles. The number of ether oxygens (including phenoxy) is 1. The van der Waals surface area contributed by atoms with E-state index in [1.807, 2.05) is 12.1 Å². The minimum atomic E-state index is -0.756. The molecule has 0 bridgehead atoms. The fourth-order valence-corrected chi connectivity index (χ4v) is 3.00. The van der Waals surface area contributed by atoms with E-state index < -0.39 is 23.2 Å². The number of H-pyrrole nitrogens is 1. The maximum atomic E-state index is 12.2. The number of amides is 1. The van der Waals surface area contributed by atoms with Crippen molar-refractivity contribution in [3.63, 3.8) is 0 Å². The molecule has 9 nitrogen and oxygen atoms in total. The van der Waals surface area contributed by atoms with Crippen molar-refractivity contribution in [2.75, 3.05) is 7.11 Å². The second-order valence-corrected chi connectivity index (χ2v) is 5.89. The van der Waals surface area contributed by atoms with Gasteiger partial charge >= 0.3 is 5.69 Å². The lowest BCUT2D eigenvalue weighted by molar-refractivity contribution is -0.130. The first-order valence-corrected chi connectivity index (χ1v) is 7.88. The molecule has 1 atom stereocenters. The standard InChI is InChI=1S/C17H18N4O5/c1-9(22)21-12(10-6-4-5-7-13(10)26-3)8-11(19-21)14-15(23)18-17(25)20(2)16(14)24/h4-7,12,24H,8H2,1-3H3,(H,18,23,25)/t12-/m1/s1. The fraction of sp³-hybridized carbons (Fsp3) is 0.294. The van der Waals surface area contributed by atoms with Crippen LogP contribution in [0.2, 0.25) is 0 Å². The van der Waals surface area contributed by atoms with Crippen molar-refractivity contribution >= 4 is 11.6 Å². The Morgan fingerprint density at radius 2 is 2.04 bits per heavy atom. The molecule has 1 aromatic heterocycles. The van der Waals surface area contributed by atoms with Gasteiger partial charge < -0.3 is 9.84 Å². The molecule has 0 radical (unpaired) electrons. The molecule has 1 aliphatic heterocycles. The Hall–Kier alpha value is -3.36. The molecule has 0 spiro atoms. The average Bonchev–Trinajstić information content (AvgIpc) is 3.04. The zero-order valence-corrected chi connectivity index (χ0v) is 14.5. The van der Waals surface area contributed by atoms with Crippen LogP contribution in [0, 0.1) is 0 Å². The highest BCUT2D eigenvalue weighted by molar-refractivity contribution is 6.04. The zero-order chi connectivity index (χ0) is 19.0. The van der Waals surface area contributed by atoms with Crippen molar-refractivity contribution in [2.24, 2.45) is 12.1 Å². The summed E-state index contributed by atoms with van der Waals surface area (Å²) in [7, 11) is 2.85. The van der Waals surface area contributed by atoms with Crippen LogP contribution in [0.4, 0.5) is 0 Å². The highest BCUT2D eigenvalue weighted by atomic mass is 16.5. The molecule has 9 heteroatoms. The number of nitrogens with zero attached hydrogens (tertiary/aromatic N) is 3. The summed E-state index contributed by atoms with van der Waals surface area (Å²) in [5, 5.41) is 15.7. The van der Waals surface area contributed by atoms with Gasteiger partial charge in [0.15, 0.2) is 0 Å². The molecule has 136 valence electrons. The summed E-state index contributed by atoms with van der Waals surface area (Å²) < 4.78 is 6.27. The topological polar surface area (TPSA) is 117 Å². The summed E-state index contributed by atoms with van der Waals surface area (Å²) in [5.41, 5.74) is -0.682. The van der Waals surface area contributed by atoms with E-state index in [1.54, 1.807) is 12.1 Å². The van der Waals surface area contributed by atoms with E-state index in [0.717, 1.165) is 10.1 Å². The number of rotatable bonds is 3.